The van der Waals surface area contributed by atoms with Gasteiger partial charge in [0.2, 0.25) is 0 Å². The van der Waals surface area contributed by atoms with E-state index >= 15 is 0 Å². The molecular weight excluding hydrogens is 707 g/mol. The summed E-state index contributed by atoms with van der Waals surface area (Å²) in [5.74, 6) is 1.93. The van der Waals surface area contributed by atoms with Gasteiger partial charge in [0.25, 0.3) is 0 Å². The molecule has 13 rings (SSSR count). The van der Waals surface area contributed by atoms with Gasteiger partial charge in [-0.05, 0) is 68.6 Å². The molecule has 0 fully saturated rings. The molecule has 0 spiro atoms. The fraction of sp³-hybridized carbons (Fsp3) is 0.0556. The van der Waals surface area contributed by atoms with Crippen molar-refractivity contribution in [3.05, 3.63) is 198 Å². The van der Waals surface area contributed by atoms with Crippen LogP contribution in [0.25, 0.3) is 87.6 Å². The van der Waals surface area contributed by atoms with Crippen molar-refractivity contribution in [1.82, 2.24) is 9.88 Å². The first-order chi connectivity index (χ1) is 28.8. The van der Waals surface area contributed by atoms with Crippen LogP contribution >= 0.6 is 0 Å². The molecule has 11 aromatic rings. The van der Waals surface area contributed by atoms with Crippen LogP contribution in [-0.4, -0.2) is 10.4 Å². The predicted octanol–water partition coefficient (Wildman–Crippen LogP) is 13.9. The van der Waals surface area contributed by atoms with E-state index in [9.17, 15) is 0 Å². The molecule has 2 aliphatic rings. The summed E-state index contributed by atoms with van der Waals surface area (Å²) < 4.78 is 9.45. The number of rotatable bonds is 3. The van der Waals surface area contributed by atoms with E-state index in [2.05, 4.69) is 186 Å². The first-order valence-corrected chi connectivity index (χ1v) is 20.2. The van der Waals surface area contributed by atoms with E-state index in [4.69, 9.17) is 9.41 Å². The van der Waals surface area contributed by atoms with E-state index in [1.807, 2.05) is 0 Å². The molecule has 0 bridgehead atoms. The number of furan rings is 1. The van der Waals surface area contributed by atoms with Crippen molar-refractivity contribution in [3.8, 4) is 5.69 Å². The van der Waals surface area contributed by atoms with Gasteiger partial charge in [-0.2, -0.15) is 0 Å². The number of hydrogen-bond donors (Lipinski definition) is 1. The molecule has 58 heavy (non-hydrogen) atoms. The van der Waals surface area contributed by atoms with Gasteiger partial charge in [-0.25, -0.2) is 4.99 Å². The van der Waals surface area contributed by atoms with Crippen LogP contribution in [0, 0.1) is 0 Å². The highest BCUT2D eigenvalue weighted by atomic mass is 16.3. The van der Waals surface area contributed by atoms with Crippen LogP contribution in [0.2, 0.25) is 0 Å². The Morgan fingerprint density at radius 2 is 1.21 bits per heavy atom. The first-order valence-electron chi connectivity index (χ1n) is 20.2. The molecule has 0 saturated carbocycles. The first kappa shape index (κ1) is 31.7. The van der Waals surface area contributed by atoms with Crippen LogP contribution in [0.1, 0.15) is 40.5 Å². The van der Waals surface area contributed by atoms with Gasteiger partial charge in [0.05, 0.1) is 22.8 Å². The van der Waals surface area contributed by atoms with Gasteiger partial charge in [0.1, 0.15) is 11.6 Å². The van der Waals surface area contributed by atoms with E-state index in [1.165, 1.54) is 76.1 Å². The molecule has 1 atom stereocenters. The number of aryl methyl sites for hydroxylation is 1. The minimum atomic E-state index is -0.0813. The second-order valence-corrected chi connectivity index (χ2v) is 15.7. The highest BCUT2D eigenvalue weighted by Gasteiger charge is 2.30. The van der Waals surface area contributed by atoms with Crippen LogP contribution in [0.4, 0.5) is 5.69 Å². The molecule has 4 heteroatoms. The van der Waals surface area contributed by atoms with E-state index in [-0.39, 0.29) is 6.04 Å². The van der Waals surface area contributed by atoms with Crippen LogP contribution in [0.3, 0.4) is 0 Å². The van der Waals surface area contributed by atoms with Gasteiger partial charge >= 0.3 is 0 Å². The Hall–Kier alpha value is -7.43. The Labute approximate surface area is 334 Å². The number of fused-ring (bicyclic) bond motifs is 18. The molecule has 1 unspecified atom stereocenters. The molecule has 3 heterocycles. The largest absolute Gasteiger partial charge is 0.458 e. The Balaban J connectivity index is 1.08. The summed E-state index contributed by atoms with van der Waals surface area (Å²) in [6.07, 6.45) is 6.45. The van der Waals surface area contributed by atoms with E-state index in [1.54, 1.807) is 0 Å². The van der Waals surface area contributed by atoms with Crippen molar-refractivity contribution in [2.45, 2.75) is 18.9 Å². The minimum absolute atomic E-state index is 0.0813. The molecule has 4 nitrogen and oxygen atoms in total. The fourth-order valence-electron chi connectivity index (χ4n) is 10.1. The molecular formula is C54H35N3O. The topological polar surface area (TPSA) is 42.5 Å². The zero-order valence-electron chi connectivity index (χ0n) is 31.5. The van der Waals surface area contributed by atoms with Crippen molar-refractivity contribution >= 4 is 93.5 Å². The lowest BCUT2D eigenvalue weighted by Gasteiger charge is -2.30. The average molecular weight is 742 g/mol. The molecule has 1 N–H and O–H groups in total. The highest BCUT2D eigenvalue weighted by molar-refractivity contribution is 6.34. The van der Waals surface area contributed by atoms with E-state index < -0.39 is 0 Å². The average Bonchev–Trinajstić information content (AvgIpc) is 3.87. The Morgan fingerprint density at radius 1 is 0.552 bits per heavy atom. The van der Waals surface area contributed by atoms with Crippen molar-refractivity contribution in [2.24, 2.45) is 4.99 Å². The lowest BCUT2D eigenvalue weighted by atomic mass is 9.87. The summed E-state index contributed by atoms with van der Waals surface area (Å²) in [4.78, 5) is 5.49. The van der Waals surface area contributed by atoms with Crippen LogP contribution in [0.5, 0.6) is 0 Å². The zero-order valence-corrected chi connectivity index (χ0v) is 31.5. The quantitative estimate of drug-likeness (QED) is 0.183. The van der Waals surface area contributed by atoms with Gasteiger partial charge in [-0.1, -0.05) is 152 Å². The number of nitrogens with one attached hydrogen (secondary N) is 1. The summed E-state index contributed by atoms with van der Waals surface area (Å²) in [6, 6.07) is 59.3. The molecule has 1 aliphatic heterocycles. The van der Waals surface area contributed by atoms with E-state index in [0.717, 1.165) is 57.9 Å². The summed E-state index contributed by atoms with van der Waals surface area (Å²) in [5.41, 5.74) is 10.0. The molecule has 2 aromatic heterocycles. The normalized spacial score (nSPS) is 15.1. The van der Waals surface area contributed by atoms with Crippen LogP contribution in [-0.2, 0) is 6.42 Å². The van der Waals surface area contributed by atoms with Crippen molar-refractivity contribution in [2.75, 3.05) is 0 Å². The lowest BCUT2D eigenvalue weighted by Crippen LogP contribution is -2.33. The summed E-state index contributed by atoms with van der Waals surface area (Å²) in [5, 5.41) is 17.3. The SMILES string of the molecule is C1=Cc2c(oc3c2c2ccccc2c2c4ccc5ccccc5c4n(-c4ccc(C5=Nc6c(c7ccccc7c7ccccc67)C(c6ccccc6)N5)cc4)c32)CC1. The number of aliphatic imine (C=N–C) groups is 1. The number of allylic oxidation sites excluding steroid dienone is 1. The number of hydrogen-bond acceptors (Lipinski definition) is 3. The van der Waals surface area contributed by atoms with Crippen molar-refractivity contribution in [3.63, 3.8) is 0 Å². The summed E-state index contributed by atoms with van der Waals surface area (Å²) >= 11 is 0. The number of aromatic nitrogens is 1. The third kappa shape index (κ3) is 4.37. The molecule has 0 saturated heterocycles. The Bertz CT molecular complexity index is 3590. The van der Waals surface area contributed by atoms with Crippen molar-refractivity contribution < 1.29 is 4.42 Å². The second kappa shape index (κ2) is 12.0. The van der Waals surface area contributed by atoms with Gasteiger partial charge in [0, 0.05) is 55.7 Å². The summed E-state index contributed by atoms with van der Waals surface area (Å²) in [6.45, 7) is 0. The number of nitrogens with zero attached hydrogens (tertiary/aromatic N) is 2. The van der Waals surface area contributed by atoms with Crippen LogP contribution in [0.15, 0.2) is 179 Å². The van der Waals surface area contributed by atoms with Crippen LogP contribution < -0.4 is 5.32 Å². The standard InChI is InChI=1S/C54H35N3O/c1-2-15-33(16-3-1)49-48-39-20-8-6-18-37(39)38-19-7-11-23-42(38)50(48)56-54(55-49)34-26-29-35(30-27-34)57-51-36-17-5-4-14-32(36)28-31-44(51)46-40-21-9-10-22-41(40)47-43-24-12-13-25-45(43)58-53(47)52(46)57/h1-12,14-24,26-31,49H,13,25H2,(H,55,56). The lowest BCUT2D eigenvalue weighted by molar-refractivity contribution is 0.548. The molecule has 272 valence electrons. The third-order valence-electron chi connectivity index (χ3n) is 12.6. The number of amidine groups is 1. The number of benzene rings is 9. The molecule has 0 radical (unpaired) electrons. The van der Waals surface area contributed by atoms with Gasteiger partial charge in [-0.15, -0.1) is 0 Å². The van der Waals surface area contributed by atoms with Gasteiger partial charge in [0.15, 0.2) is 5.58 Å². The monoisotopic (exact) mass is 741 g/mol. The molecule has 0 amide bonds. The Morgan fingerprint density at radius 3 is 2.00 bits per heavy atom. The predicted molar refractivity (Wildman–Crippen MR) is 242 cm³/mol. The second-order valence-electron chi connectivity index (χ2n) is 15.7. The maximum Gasteiger partial charge on any atom is 0.160 e. The smallest absolute Gasteiger partial charge is 0.160 e. The molecule has 1 aliphatic carbocycles. The summed E-state index contributed by atoms with van der Waals surface area (Å²) in [7, 11) is 0. The van der Waals surface area contributed by atoms with Gasteiger partial charge < -0.3 is 14.3 Å². The highest BCUT2D eigenvalue weighted by Crippen LogP contribution is 2.48. The Kier molecular flexibility index (Phi) is 6.59. The van der Waals surface area contributed by atoms with Crippen molar-refractivity contribution in [1.29, 1.82) is 0 Å². The fourth-order valence-corrected chi connectivity index (χ4v) is 10.1. The van der Waals surface area contributed by atoms with Gasteiger partial charge in [-0.3, -0.25) is 0 Å². The maximum atomic E-state index is 6.99. The maximum absolute atomic E-state index is 6.99. The van der Waals surface area contributed by atoms with E-state index in [0.29, 0.717) is 0 Å². The molecule has 9 aromatic carbocycles. The third-order valence-corrected chi connectivity index (χ3v) is 12.6. The minimum Gasteiger partial charge on any atom is -0.458 e. The zero-order chi connectivity index (χ0) is 37.9.